The Bertz CT molecular complexity index is 121. The molecule has 0 aromatic heterocycles. The number of carbonyl (C=O) groups is 3. The molecule has 0 bridgehead atoms. The van der Waals surface area contributed by atoms with Crippen molar-refractivity contribution < 1.29 is 45.0 Å². The van der Waals surface area contributed by atoms with Gasteiger partial charge in [-0.3, -0.25) is 0 Å². The molecule has 0 radical (unpaired) electrons. The van der Waals surface area contributed by atoms with Gasteiger partial charge in [0.15, 0.2) is 34.7 Å². The van der Waals surface area contributed by atoms with Crippen LogP contribution in [0.2, 0.25) is 0 Å². The molecule has 15 heavy (non-hydrogen) atoms. The van der Waals surface area contributed by atoms with Crippen molar-refractivity contribution in [2.75, 3.05) is 0 Å². The van der Waals surface area contributed by atoms with E-state index in [9.17, 15) is 0 Å². The van der Waals surface area contributed by atoms with Crippen LogP contribution in [0.3, 0.4) is 0 Å². The molecule has 0 unspecified atom stereocenters. The molecule has 0 saturated heterocycles. The summed E-state index contributed by atoms with van der Waals surface area (Å²) in [6, 6.07) is 0. The highest BCUT2D eigenvalue weighted by atomic mass is 27.0. The first-order chi connectivity index (χ1) is 5.20. The van der Waals surface area contributed by atoms with E-state index in [0.717, 1.165) is 0 Å². The fraction of sp³-hybridized carbons (Fsp3) is 0. The molecule has 12 heteroatoms. The maximum atomic E-state index is 8.56. The molecule has 0 aromatic rings. The second-order valence-electron chi connectivity index (χ2n) is 0.848. The van der Waals surface area contributed by atoms with Gasteiger partial charge in [-0.05, 0) is 0 Å². The van der Waals surface area contributed by atoms with Gasteiger partial charge in [0.25, 0.3) is 0 Å². The van der Waals surface area contributed by atoms with Crippen LogP contribution < -0.4 is 6.15 Å². The third kappa shape index (κ3) is 1110. The van der Waals surface area contributed by atoms with Crippen LogP contribution >= 0.6 is 0 Å². The van der Waals surface area contributed by atoms with E-state index in [0.29, 0.717) is 0 Å². The van der Waals surface area contributed by atoms with Crippen molar-refractivity contribution in [1.29, 1.82) is 0 Å². The minimum Gasteiger partial charge on any atom is -0.450 e. The maximum Gasteiger partial charge on any atom is 0.503 e. The summed E-state index contributed by atoms with van der Waals surface area (Å²) in [6.45, 7) is 0. The molecule has 0 heterocycles. The first-order valence-electron chi connectivity index (χ1n) is 1.95. The molecule has 0 rings (SSSR count). The third-order valence-electron chi connectivity index (χ3n) is 0. The Morgan fingerprint density at radius 3 is 0.533 bits per heavy atom. The molecular weight excluding hydrogens is 248 g/mol. The van der Waals surface area contributed by atoms with E-state index in [-0.39, 0.29) is 40.9 Å². The summed E-state index contributed by atoms with van der Waals surface area (Å²) >= 11 is 0. The zero-order valence-electron chi connectivity index (χ0n) is 6.12. The molecule has 92 valence electrons. The van der Waals surface area contributed by atoms with E-state index in [1.807, 2.05) is 0 Å². The van der Waals surface area contributed by atoms with Crippen molar-refractivity contribution in [1.82, 2.24) is 6.15 Å². The molecule has 0 aliphatic heterocycles. The minimum absolute atomic E-state index is 0. The normalized spacial score (nSPS) is 4.80. The molecule has 0 fully saturated rings. The van der Waals surface area contributed by atoms with Crippen LogP contribution in [0.25, 0.3) is 0 Å². The van der Waals surface area contributed by atoms with Gasteiger partial charge in [-0.1, -0.05) is 0 Å². The Kier molecular flexibility index (Phi) is 72.5. The predicted molar refractivity (Wildman–Crippen MR) is 56.9 cm³/mol. The Morgan fingerprint density at radius 2 is 0.533 bits per heavy atom. The van der Waals surface area contributed by atoms with Crippen LogP contribution in [-0.2, 0) is 0 Å². The lowest BCUT2D eigenvalue weighted by atomic mass is 11.5. The third-order valence-corrected chi connectivity index (χ3v) is 0. The van der Waals surface area contributed by atoms with Crippen molar-refractivity contribution in [2.24, 2.45) is 0 Å². The Balaban J connectivity index is -0.0000000184. The highest BCUT2D eigenvalue weighted by Gasteiger charge is 1.70. The lowest BCUT2D eigenvalue weighted by Gasteiger charge is -1.60. The van der Waals surface area contributed by atoms with Crippen LogP contribution in [0.5, 0.6) is 0 Å². The number of rotatable bonds is 0. The zero-order chi connectivity index (χ0) is 10.7. The highest BCUT2D eigenvalue weighted by molar-refractivity contribution is 5.76. The van der Waals surface area contributed by atoms with Crippen LogP contribution in [0, 0.1) is 0 Å². The summed E-state index contributed by atoms with van der Waals surface area (Å²) < 4.78 is 0. The molecule has 0 aliphatic rings. The summed E-state index contributed by atoms with van der Waals surface area (Å²) in [6.07, 6.45) is -5.50. The summed E-state index contributed by atoms with van der Waals surface area (Å²) in [5, 5.41) is 41.8. The quantitative estimate of drug-likeness (QED) is 0.250. The number of carboxylic acid groups (broad SMARTS) is 6. The highest BCUT2D eigenvalue weighted by Crippen LogP contribution is 1.43. The summed E-state index contributed by atoms with van der Waals surface area (Å²) in [5.74, 6) is 0. The Hall–Kier alpha value is -1.17. The first kappa shape index (κ1) is 37.1. The summed E-state index contributed by atoms with van der Waals surface area (Å²) in [7, 11) is 0. The van der Waals surface area contributed by atoms with E-state index < -0.39 is 18.5 Å². The Morgan fingerprint density at radius 1 is 0.533 bits per heavy atom. The predicted octanol–water partition coefficient (Wildman–Crippen LogP) is -1.54. The minimum atomic E-state index is -1.83. The molecule has 0 aromatic carbocycles. The molecule has 10 nitrogen and oxygen atoms in total. The monoisotopic (exact) mass is 263 g/mol. The van der Waals surface area contributed by atoms with Gasteiger partial charge in [0.1, 0.15) is 0 Å². The summed E-state index contributed by atoms with van der Waals surface area (Å²) in [4.78, 5) is 25.7. The van der Waals surface area contributed by atoms with Gasteiger partial charge in [0, 0.05) is 0 Å². The van der Waals surface area contributed by atoms with Gasteiger partial charge < -0.3 is 36.8 Å². The van der Waals surface area contributed by atoms with E-state index in [4.69, 9.17) is 45.0 Å². The van der Waals surface area contributed by atoms with Crippen molar-refractivity contribution in [3.63, 3.8) is 0 Å². The topological polar surface area (TPSA) is 208 Å². The van der Waals surface area contributed by atoms with Gasteiger partial charge in [-0.2, -0.15) is 0 Å². The molecule has 0 aliphatic carbocycles. The lowest BCUT2D eigenvalue weighted by Crippen LogP contribution is -1.81. The summed E-state index contributed by atoms with van der Waals surface area (Å²) in [5.41, 5.74) is 0. The van der Waals surface area contributed by atoms with Crippen molar-refractivity contribution in [3.8, 4) is 0 Å². The van der Waals surface area contributed by atoms with E-state index in [1.54, 1.807) is 0 Å². The second kappa shape index (κ2) is 29.3. The average Bonchev–Trinajstić information content (AvgIpc) is 1.54. The van der Waals surface area contributed by atoms with E-state index in [2.05, 4.69) is 0 Å². The van der Waals surface area contributed by atoms with E-state index in [1.165, 1.54) is 0 Å². The zero-order valence-corrected chi connectivity index (χ0v) is 6.12. The van der Waals surface area contributed by atoms with Crippen LogP contribution in [0.1, 0.15) is 0 Å². The van der Waals surface area contributed by atoms with Crippen molar-refractivity contribution in [3.05, 3.63) is 0 Å². The first-order valence-corrected chi connectivity index (χ1v) is 1.95. The fourth-order valence-electron chi connectivity index (χ4n) is 0. The molecule has 9 N–H and O–H groups in total. The smallest absolute Gasteiger partial charge is 0.450 e. The fourth-order valence-corrected chi connectivity index (χ4v) is 0. The maximum absolute atomic E-state index is 8.56. The SMILES string of the molecule is N.O=C(O)O.O=C(O)O.O=C(O)O.[AlH3].[AlH3]. The average molecular weight is 263 g/mol. The lowest BCUT2D eigenvalue weighted by molar-refractivity contribution is 0.135. The Labute approximate surface area is 105 Å². The van der Waals surface area contributed by atoms with Gasteiger partial charge in [-0.15, -0.1) is 0 Å². The van der Waals surface area contributed by atoms with Crippen LogP contribution in [0.4, 0.5) is 14.4 Å². The van der Waals surface area contributed by atoms with Gasteiger partial charge >= 0.3 is 18.5 Å². The van der Waals surface area contributed by atoms with Gasteiger partial charge in [0.2, 0.25) is 0 Å². The molecule has 0 amide bonds. The molecule has 0 spiro atoms. The van der Waals surface area contributed by atoms with E-state index >= 15 is 0 Å². The number of hydrogen-bond acceptors (Lipinski definition) is 4. The number of hydrogen-bond donors (Lipinski definition) is 7. The molecule has 0 atom stereocenters. The standard InChI is InChI=1S/3CH2O3.2Al.H3N.6H/c3*2-1(3)4;;;;;;;;;/h3*(H2,2,3,4);;;1H3;;;;;;. The van der Waals surface area contributed by atoms with Crippen molar-refractivity contribution >= 4 is 53.2 Å². The molecular formula is C3H15Al2NO9. The molecule has 0 saturated carbocycles. The second-order valence-corrected chi connectivity index (χ2v) is 0.848. The van der Waals surface area contributed by atoms with Gasteiger partial charge in [0.05, 0.1) is 0 Å². The largest absolute Gasteiger partial charge is 0.503 e. The van der Waals surface area contributed by atoms with Crippen LogP contribution in [0.15, 0.2) is 0 Å². The van der Waals surface area contributed by atoms with Crippen molar-refractivity contribution in [2.45, 2.75) is 0 Å². The van der Waals surface area contributed by atoms with Crippen LogP contribution in [-0.4, -0.2) is 83.8 Å². The van der Waals surface area contributed by atoms with Gasteiger partial charge in [-0.25, -0.2) is 14.4 Å².